The van der Waals surface area contributed by atoms with Crippen LogP contribution in [0.2, 0.25) is 0 Å². The van der Waals surface area contributed by atoms with Crippen LogP contribution in [0.15, 0.2) is 35.3 Å². The summed E-state index contributed by atoms with van der Waals surface area (Å²) in [7, 11) is 1.78. The van der Waals surface area contributed by atoms with Crippen molar-refractivity contribution in [2.24, 2.45) is 13.0 Å². The van der Waals surface area contributed by atoms with Crippen molar-refractivity contribution >= 4 is 17.0 Å². The van der Waals surface area contributed by atoms with E-state index in [9.17, 15) is 9.59 Å². The molecule has 2 aromatic heterocycles. The lowest BCUT2D eigenvalue weighted by atomic mass is 9.92. The quantitative estimate of drug-likeness (QED) is 0.423. The molecule has 0 amide bonds. The number of aryl methyl sites for hydroxylation is 2. The molecular weight excluding hydrogens is 480 g/mol. The minimum Gasteiger partial charge on any atom is -0.459 e. The second-order valence-corrected chi connectivity index (χ2v) is 11.5. The lowest BCUT2D eigenvalue weighted by Gasteiger charge is -2.30. The smallest absolute Gasteiger partial charge is 0.323 e. The van der Waals surface area contributed by atoms with Crippen molar-refractivity contribution in [3.63, 3.8) is 0 Å². The van der Waals surface area contributed by atoms with Gasteiger partial charge in [-0.3, -0.25) is 9.59 Å². The van der Waals surface area contributed by atoms with Gasteiger partial charge in [0.05, 0.1) is 11.0 Å². The molecule has 206 valence electrons. The second kappa shape index (κ2) is 11.4. The second-order valence-electron chi connectivity index (χ2n) is 11.5. The predicted octanol–water partition coefficient (Wildman–Crippen LogP) is 4.91. The average Bonchev–Trinajstić information content (AvgIpc) is 3.25. The van der Waals surface area contributed by atoms with Gasteiger partial charge in [0.2, 0.25) is 0 Å². The minimum absolute atomic E-state index is 0.00212. The molecule has 3 aromatic rings. The summed E-state index contributed by atoms with van der Waals surface area (Å²) in [6, 6.07) is 8.10. The van der Waals surface area contributed by atoms with Gasteiger partial charge in [-0.05, 0) is 83.6 Å². The standard InChI is InChI=1S/C30H42N4O4/c1-8-24(29(36)38-30(4,5)6)31-17-21-9-10-26-25(16-21)32-27(23-15-19(2)28(35)33(7)18-23)34(26)20(3)22-11-13-37-14-12-22/h9-10,15-16,18,20,22,24,31H,8,11-14,17H2,1-7H3. The maximum absolute atomic E-state index is 12.6. The van der Waals surface area contributed by atoms with Gasteiger partial charge in [-0.15, -0.1) is 0 Å². The first-order valence-corrected chi connectivity index (χ1v) is 13.7. The van der Waals surface area contributed by atoms with E-state index in [1.807, 2.05) is 46.9 Å². The van der Waals surface area contributed by atoms with E-state index in [1.54, 1.807) is 11.6 Å². The Kier molecular flexibility index (Phi) is 8.43. The molecule has 2 atom stereocenters. The number of aromatic nitrogens is 3. The fraction of sp³-hybridized carbons (Fsp3) is 0.567. The number of ether oxygens (including phenoxy) is 2. The molecule has 0 radical (unpaired) electrons. The maximum atomic E-state index is 12.6. The molecule has 38 heavy (non-hydrogen) atoms. The van der Waals surface area contributed by atoms with Crippen LogP contribution in [-0.4, -0.2) is 44.9 Å². The fourth-order valence-corrected chi connectivity index (χ4v) is 5.29. The highest BCUT2D eigenvalue weighted by atomic mass is 16.6. The SMILES string of the molecule is CCC(NCc1ccc2c(c1)nc(-c1cc(C)c(=O)n(C)c1)n2C(C)C1CCOCC1)C(=O)OC(C)(C)C. The number of imidazole rings is 1. The average molecular weight is 523 g/mol. The van der Waals surface area contributed by atoms with Crippen molar-refractivity contribution in [3.8, 4) is 11.4 Å². The molecule has 3 heterocycles. The molecule has 0 spiro atoms. The van der Waals surface area contributed by atoms with Gasteiger partial charge in [-0.25, -0.2) is 4.98 Å². The molecular formula is C30H42N4O4. The van der Waals surface area contributed by atoms with Gasteiger partial charge in [0.15, 0.2) is 0 Å². The Bertz CT molecular complexity index is 1320. The van der Waals surface area contributed by atoms with Crippen LogP contribution in [0.25, 0.3) is 22.4 Å². The molecule has 1 N–H and O–H groups in total. The third kappa shape index (κ3) is 6.18. The normalized spacial score (nSPS) is 16.5. The maximum Gasteiger partial charge on any atom is 0.323 e. The van der Waals surface area contributed by atoms with E-state index in [2.05, 4.69) is 35.0 Å². The fourth-order valence-electron chi connectivity index (χ4n) is 5.29. The van der Waals surface area contributed by atoms with Crippen LogP contribution in [0.5, 0.6) is 0 Å². The van der Waals surface area contributed by atoms with E-state index < -0.39 is 5.60 Å². The topological polar surface area (TPSA) is 87.4 Å². The van der Waals surface area contributed by atoms with Gasteiger partial charge in [-0.2, -0.15) is 0 Å². The van der Waals surface area contributed by atoms with E-state index in [-0.39, 0.29) is 23.6 Å². The highest BCUT2D eigenvalue weighted by Gasteiger charge is 2.27. The van der Waals surface area contributed by atoms with Crippen LogP contribution in [0.1, 0.15) is 71.0 Å². The molecule has 8 heteroatoms. The van der Waals surface area contributed by atoms with Crippen LogP contribution in [0, 0.1) is 12.8 Å². The molecule has 0 saturated carbocycles. The largest absolute Gasteiger partial charge is 0.459 e. The highest BCUT2D eigenvalue weighted by Crippen LogP contribution is 2.35. The van der Waals surface area contributed by atoms with Crippen molar-refractivity contribution in [2.45, 2.75) is 85.0 Å². The summed E-state index contributed by atoms with van der Waals surface area (Å²) in [6.45, 7) is 13.8. The molecule has 0 bridgehead atoms. The summed E-state index contributed by atoms with van der Waals surface area (Å²) < 4.78 is 15.2. The molecule has 1 aliphatic heterocycles. The Morgan fingerprint density at radius 2 is 1.95 bits per heavy atom. The monoisotopic (exact) mass is 522 g/mol. The van der Waals surface area contributed by atoms with Gasteiger partial charge >= 0.3 is 5.97 Å². The van der Waals surface area contributed by atoms with Crippen LogP contribution in [0.4, 0.5) is 0 Å². The number of carbonyl (C=O) groups excluding carboxylic acids is 1. The van der Waals surface area contributed by atoms with Crippen LogP contribution in [-0.2, 0) is 27.9 Å². The zero-order valence-electron chi connectivity index (χ0n) is 23.8. The summed E-state index contributed by atoms with van der Waals surface area (Å²) in [5.41, 5.74) is 4.11. The first kappa shape index (κ1) is 28.0. The first-order chi connectivity index (χ1) is 18.0. The third-order valence-electron chi connectivity index (χ3n) is 7.38. The summed E-state index contributed by atoms with van der Waals surface area (Å²) in [5, 5.41) is 3.36. The zero-order chi connectivity index (χ0) is 27.6. The molecule has 1 fully saturated rings. The van der Waals surface area contributed by atoms with Crippen molar-refractivity contribution in [1.29, 1.82) is 0 Å². The number of fused-ring (bicyclic) bond motifs is 1. The van der Waals surface area contributed by atoms with Crippen LogP contribution >= 0.6 is 0 Å². The Morgan fingerprint density at radius 3 is 2.58 bits per heavy atom. The van der Waals surface area contributed by atoms with Gasteiger partial charge in [-0.1, -0.05) is 13.0 Å². The van der Waals surface area contributed by atoms with Crippen molar-refractivity contribution < 1.29 is 14.3 Å². The molecule has 1 aromatic carbocycles. The Hall–Kier alpha value is -2.97. The van der Waals surface area contributed by atoms with Crippen molar-refractivity contribution in [2.75, 3.05) is 13.2 Å². The van der Waals surface area contributed by atoms with Gasteiger partial charge < -0.3 is 23.9 Å². The lowest BCUT2D eigenvalue weighted by Crippen LogP contribution is -2.40. The van der Waals surface area contributed by atoms with Gasteiger partial charge in [0.1, 0.15) is 17.5 Å². The third-order valence-corrected chi connectivity index (χ3v) is 7.38. The number of pyridine rings is 1. The first-order valence-electron chi connectivity index (χ1n) is 13.7. The highest BCUT2D eigenvalue weighted by molar-refractivity contribution is 5.82. The molecule has 8 nitrogen and oxygen atoms in total. The summed E-state index contributed by atoms with van der Waals surface area (Å²) in [6.07, 6.45) is 4.54. The Morgan fingerprint density at radius 1 is 1.24 bits per heavy atom. The van der Waals surface area contributed by atoms with Gasteiger partial charge in [0.25, 0.3) is 5.56 Å². The Balaban J connectivity index is 1.69. The number of rotatable bonds is 8. The summed E-state index contributed by atoms with van der Waals surface area (Å²) in [5.74, 6) is 1.11. The van der Waals surface area contributed by atoms with E-state index >= 15 is 0 Å². The zero-order valence-corrected chi connectivity index (χ0v) is 23.8. The number of hydrogen-bond acceptors (Lipinski definition) is 6. The number of esters is 1. The van der Waals surface area contributed by atoms with Crippen molar-refractivity contribution in [1.82, 2.24) is 19.4 Å². The van der Waals surface area contributed by atoms with E-state index in [0.717, 1.165) is 54.0 Å². The van der Waals surface area contributed by atoms with E-state index in [0.29, 0.717) is 24.4 Å². The minimum atomic E-state index is -0.519. The number of hydrogen-bond donors (Lipinski definition) is 1. The molecule has 1 saturated heterocycles. The van der Waals surface area contributed by atoms with Crippen LogP contribution < -0.4 is 10.9 Å². The number of benzene rings is 1. The Labute approximate surface area is 225 Å². The molecule has 0 aliphatic carbocycles. The molecule has 4 rings (SSSR count). The van der Waals surface area contributed by atoms with Crippen molar-refractivity contribution in [3.05, 3.63) is 51.9 Å². The van der Waals surface area contributed by atoms with E-state index in [4.69, 9.17) is 14.5 Å². The lowest BCUT2D eigenvalue weighted by molar-refractivity contribution is -0.157. The molecule has 1 aliphatic rings. The summed E-state index contributed by atoms with van der Waals surface area (Å²) >= 11 is 0. The predicted molar refractivity (Wildman–Crippen MR) is 150 cm³/mol. The van der Waals surface area contributed by atoms with E-state index in [1.165, 1.54) is 0 Å². The van der Waals surface area contributed by atoms with Gasteiger partial charge in [0, 0.05) is 50.2 Å². The summed E-state index contributed by atoms with van der Waals surface area (Å²) in [4.78, 5) is 30.1. The molecule has 2 unspecified atom stereocenters. The number of carbonyl (C=O) groups is 1. The number of nitrogens with zero attached hydrogens (tertiary/aromatic N) is 3. The number of nitrogens with one attached hydrogen (secondary N) is 1. The van der Waals surface area contributed by atoms with Crippen LogP contribution in [0.3, 0.4) is 0 Å².